The number of halogens is 1. The maximum absolute atomic E-state index is 11.8. The molecule has 0 saturated heterocycles. The molecule has 1 aliphatic carbocycles. The molecule has 3 nitrogen and oxygen atoms in total. The predicted octanol–water partition coefficient (Wildman–Crippen LogP) is 1.69. The number of sulfonamides is 1. The predicted molar refractivity (Wildman–Crippen MR) is 64.4 cm³/mol. The Kier molecular flexibility index (Phi) is 3.52. The van der Waals surface area contributed by atoms with Crippen LogP contribution in [0.4, 0.5) is 0 Å². The van der Waals surface area contributed by atoms with E-state index in [1.807, 2.05) is 6.07 Å². The van der Waals surface area contributed by atoms with Crippen LogP contribution in [0.5, 0.6) is 0 Å². The standard InChI is InChI=1S/C11H14ClNO2S/c12-6-7-13-16(14,15)11-5-4-9-2-1-3-10(9)8-11/h4-5,8,13H,1-3,6-7H2. The van der Waals surface area contributed by atoms with Crippen molar-refractivity contribution in [3.8, 4) is 0 Å². The monoisotopic (exact) mass is 259 g/mol. The zero-order valence-electron chi connectivity index (χ0n) is 8.87. The fourth-order valence-electron chi connectivity index (χ4n) is 1.97. The van der Waals surface area contributed by atoms with Crippen molar-refractivity contribution >= 4 is 21.6 Å². The van der Waals surface area contributed by atoms with Gasteiger partial charge in [0.15, 0.2) is 0 Å². The molecule has 0 spiro atoms. The van der Waals surface area contributed by atoms with Crippen LogP contribution in [0.25, 0.3) is 0 Å². The van der Waals surface area contributed by atoms with Crippen molar-refractivity contribution in [2.75, 3.05) is 12.4 Å². The van der Waals surface area contributed by atoms with Crippen LogP contribution in [-0.4, -0.2) is 20.8 Å². The molecular formula is C11H14ClNO2S. The van der Waals surface area contributed by atoms with E-state index in [0.717, 1.165) is 24.8 Å². The fourth-order valence-corrected chi connectivity index (χ4v) is 3.26. The summed E-state index contributed by atoms with van der Waals surface area (Å²) < 4.78 is 26.1. The Labute approximate surface area is 101 Å². The number of fused-ring (bicyclic) bond motifs is 1. The van der Waals surface area contributed by atoms with Crippen molar-refractivity contribution in [3.63, 3.8) is 0 Å². The van der Waals surface area contributed by atoms with E-state index >= 15 is 0 Å². The Morgan fingerprint density at radius 1 is 1.25 bits per heavy atom. The Hall–Kier alpha value is -0.580. The molecule has 1 aromatic carbocycles. The maximum Gasteiger partial charge on any atom is 0.240 e. The Balaban J connectivity index is 2.27. The average Bonchev–Trinajstić information content (AvgIpc) is 2.73. The average molecular weight is 260 g/mol. The number of rotatable bonds is 4. The van der Waals surface area contributed by atoms with Gasteiger partial charge in [0.1, 0.15) is 0 Å². The van der Waals surface area contributed by atoms with Crippen molar-refractivity contribution in [2.45, 2.75) is 24.2 Å². The maximum atomic E-state index is 11.8. The lowest BCUT2D eigenvalue weighted by molar-refractivity contribution is 0.584. The topological polar surface area (TPSA) is 46.2 Å². The van der Waals surface area contributed by atoms with Gasteiger partial charge in [-0.05, 0) is 42.5 Å². The highest BCUT2D eigenvalue weighted by molar-refractivity contribution is 7.89. The molecule has 5 heteroatoms. The fraction of sp³-hybridized carbons (Fsp3) is 0.455. The molecule has 0 unspecified atom stereocenters. The third-order valence-corrected chi connectivity index (χ3v) is 4.41. The molecule has 16 heavy (non-hydrogen) atoms. The van der Waals surface area contributed by atoms with E-state index in [-0.39, 0.29) is 12.4 Å². The van der Waals surface area contributed by atoms with Crippen LogP contribution in [-0.2, 0) is 22.9 Å². The van der Waals surface area contributed by atoms with Crippen LogP contribution in [0, 0.1) is 0 Å². The van der Waals surface area contributed by atoms with Crippen LogP contribution in [0.3, 0.4) is 0 Å². The van der Waals surface area contributed by atoms with Gasteiger partial charge in [-0.2, -0.15) is 0 Å². The van der Waals surface area contributed by atoms with E-state index < -0.39 is 10.0 Å². The molecule has 0 heterocycles. The minimum absolute atomic E-state index is 0.265. The van der Waals surface area contributed by atoms with Crippen LogP contribution in [0.2, 0.25) is 0 Å². The van der Waals surface area contributed by atoms with Gasteiger partial charge in [0.25, 0.3) is 0 Å². The second-order valence-electron chi connectivity index (χ2n) is 3.87. The van der Waals surface area contributed by atoms with Crippen molar-refractivity contribution in [1.82, 2.24) is 4.72 Å². The molecule has 88 valence electrons. The minimum atomic E-state index is -3.38. The first-order valence-electron chi connectivity index (χ1n) is 5.31. The lowest BCUT2D eigenvalue weighted by atomic mass is 10.1. The van der Waals surface area contributed by atoms with Gasteiger partial charge in [0, 0.05) is 12.4 Å². The van der Waals surface area contributed by atoms with Crippen LogP contribution < -0.4 is 4.72 Å². The second-order valence-corrected chi connectivity index (χ2v) is 6.02. The first kappa shape index (κ1) is 11.9. The highest BCUT2D eigenvalue weighted by Crippen LogP contribution is 2.24. The van der Waals surface area contributed by atoms with E-state index in [0.29, 0.717) is 4.90 Å². The van der Waals surface area contributed by atoms with Crippen LogP contribution >= 0.6 is 11.6 Å². The Morgan fingerprint density at radius 2 is 2.00 bits per heavy atom. The highest BCUT2D eigenvalue weighted by Gasteiger charge is 2.17. The summed E-state index contributed by atoms with van der Waals surface area (Å²) in [6, 6.07) is 5.36. The zero-order chi connectivity index (χ0) is 11.6. The molecule has 0 radical (unpaired) electrons. The molecule has 0 aliphatic heterocycles. The summed E-state index contributed by atoms with van der Waals surface area (Å²) >= 11 is 5.46. The van der Waals surface area contributed by atoms with Gasteiger partial charge in [-0.1, -0.05) is 6.07 Å². The quantitative estimate of drug-likeness (QED) is 0.837. The number of alkyl halides is 1. The molecule has 0 atom stereocenters. The van der Waals surface area contributed by atoms with Gasteiger partial charge in [-0.25, -0.2) is 13.1 Å². The number of nitrogens with one attached hydrogen (secondary N) is 1. The van der Waals surface area contributed by atoms with Gasteiger partial charge >= 0.3 is 0 Å². The van der Waals surface area contributed by atoms with Crippen molar-refractivity contribution < 1.29 is 8.42 Å². The lowest BCUT2D eigenvalue weighted by Gasteiger charge is -2.07. The summed E-state index contributed by atoms with van der Waals surface area (Å²) in [6.45, 7) is 0.265. The van der Waals surface area contributed by atoms with E-state index in [1.54, 1.807) is 12.1 Å². The molecule has 0 fully saturated rings. The molecule has 1 N–H and O–H groups in total. The third-order valence-electron chi connectivity index (χ3n) is 2.77. The summed E-state index contributed by atoms with van der Waals surface area (Å²) in [5.41, 5.74) is 2.44. The van der Waals surface area contributed by atoms with Crippen molar-refractivity contribution in [1.29, 1.82) is 0 Å². The number of hydrogen-bond acceptors (Lipinski definition) is 2. The van der Waals surface area contributed by atoms with Gasteiger partial charge < -0.3 is 0 Å². The SMILES string of the molecule is O=S(=O)(NCCCl)c1ccc2c(c1)CCC2. The van der Waals surface area contributed by atoms with Gasteiger partial charge in [-0.15, -0.1) is 11.6 Å². The largest absolute Gasteiger partial charge is 0.240 e. The van der Waals surface area contributed by atoms with E-state index in [2.05, 4.69) is 4.72 Å². The Morgan fingerprint density at radius 3 is 2.75 bits per heavy atom. The summed E-state index contributed by atoms with van der Waals surface area (Å²) in [5.74, 6) is 0.282. The molecule has 0 saturated carbocycles. The van der Waals surface area contributed by atoms with Gasteiger partial charge in [0.2, 0.25) is 10.0 Å². The van der Waals surface area contributed by atoms with Crippen molar-refractivity contribution in [2.24, 2.45) is 0 Å². The summed E-state index contributed by atoms with van der Waals surface area (Å²) in [5, 5.41) is 0. The molecule has 0 aromatic heterocycles. The van der Waals surface area contributed by atoms with Gasteiger partial charge in [-0.3, -0.25) is 0 Å². The molecule has 0 bridgehead atoms. The number of aryl methyl sites for hydroxylation is 2. The van der Waals surface area contributed by atoms with Crippen LogP contribution in [0.15, 0.2) is 23.1 Å². The molecule has 2 rings (SSSR count). The van der Waals surface area contributed by atoms with E-state index in [9.17, 15) is 8.42 Å². The molecule has 1 aromatic rings. The summed E-state index contributed by atoms with van der Waals surface area (Å²) in [7, 11) is -3.38. The van der Waals surface area contributed by atoms with Crippen LogP contribution in [0.1, 0.15) is 17.5 Å². The first-order valence-corrected chi connectivity index (χ1v) is 7.33. The Bertz CT molecular complexity index is 485. The molecule has 0 amide bonds. The zero-order valence-corrected chi connectivity index (χ0v) is 10.4. The number of hydrogen-bond donors (Lipinski definition) is 1. The van der Waals surface area contributed by atoms with Gasteiger partial charge in [0.05, 0.1) is 4.90 Å². The first-order chi connectivity index (χ1) is 7.63. The minimum Gasteiger partial charge on any atom is -0.210 e. The second kappa shape index (κ2) is 4.73. The molecular weight excluding hydrogens is 246 g/mol. The third kappa shape index (κ3) is 2.39. The van der Waals surface area contributed by atoms with E-state index in [4.69, 9.17) is 11.6 Å². The summed E-state index contributed by atoms with van der Waals surface area (Å²) in [6.07, 6.45) is 3.16. The lowest BCUT2D eigenvalue weighted by Crippen LogP contribution is -2.25. The van der Waals surface area contributed by atoms with E-state index in [1.165, 1.54) is 5.56 Å². The molecule has 1 aliphatic rings. The smallest absolute Gasteiger partial charge is 0.210 e. The van der Waals surface area contributed by atoms with Crippen molar-refractivity contribution in [3.05, 3.63) is 29.3 Å². The highest BCUT2D eigenvalue weighted by atomic mass is 35.5. The normalized spacial score (nSPS) is 15.1. The summed E-state index contributed by atoms with van der Waals surface area (Å²) in [4.78, 5) is 0.346. The number of benzene rings is 1.